The standard InChI is InChI=1S/C15H23ClN2S/c1-3-7-17-10-13-14(16)5-4-6-15(13)18-8-9-19-12(2)11-18/h4-6,12,17H,3,7-11H2,1-2H3. The van der Waals surface area contributed by atoms with Gasteiger partial charge >= 0.3 is 0 Å². The van der Waals surface area contributed by atoms with Crippen LogP contribution in [0, 0.1) is 0 Å². The summed E-state index contributed by atoms with van der Waals surface area (Å²) in [5.41, 5.74) is 2.56. The predicted molar refractivity (Wildman–Crippen MR) is 87.6 cm³/mol. The average molecular weight is 299 g/mol. The molecule has 2 rings (SSSR count). The maximum absolute atomic E-state index is 6.39. The van der Waals surface area contributed by atoms with Crippen LogP contribution in [0.4, 0.5) is 5.69 Å². The van der Waals surface area contributed by atoms with Crippen LogP contribution in [0.1, 0.15) is 25.8 Å². The van der Waals surface area contributed by atoms with E-state index in [-0.39, 0.29) is 0 Å². The SMILES string of the molecule is CCCNCc1c(Cl)cccc1N1CCSC(C)C1. The Bertz CT molecular complexity index is 411. The normalized spacial score (nSPS) is 19.7. The van der Waals surface area contributed by atoms with E-state index >= 15 is 0 Å². The van der Waals surface area contributed by atoms with Crippen LogP contribution in [0.2, 0.25) is 5.02 Å². The summed E-state index contributed by atoms with van der Waals surface area (Å²) in [5, 5.41) is 5.05. The number of nitrogens with zero attached hydrogens (tertiary/aromatic N) is 1. The number of hydrogen-bond donors (Lipinski definition) is 1. The first-order chi connectivity index (χ1) is 9.22. The van der Waals surface area contributed by atoms with Crippen LogP contribution in [0.3, 0.4) is 0 Å². The predicted octanol–water partition coefficient (Wildman–Crippen LogP) is 3.78. The second-order valence-electron chi connectivity index (χ2n) is 5.04. The average Bonchev–Trinajstić information content (AvgIpc) is 2.41. The largest absolute Gasteiger partial charge is 0.369 e. The molecule has 1 atom stereocenters. The van der Waals surface area contributed by atoms with Gasteiger partial charge in [0, 0.05) is 46.9 Å². The summed E-state index contributed by atoms with van der Waals surface area (Å²) in [6.45, 7) is 8.63. The number of rotatable bonds is 5. The Morgan fingerprint density at radius 1 is 1.47 bits per heavy atom. The van der Waals surface area contributed by atoms with E-state index in [0.717, 1.165) is 37.6 Å². The van der Waals surface area contributed by atoms with Crippen molar-refractivity contribution in [1.82, 2.24) is 5.32 Å². The molecule has 0 saturated carbocycles. The molecule has 1 aromatic carbocycles. The molecule has 0 aliphatic carbocycles. The van der Waals surface area contributed by atoms with Gasteiger partial charge in [-0.15, -0.1) is 0 Å². The van der Waals surface area contributed by atoms with Crippen LogP contribution < -0.4 is 10.2 Å². The van der Waals surface area contributed by atoms with Gasteiger partial charge in [0.05, 0.1) is 0 Å². The van der Waals surface area contributed by atoms with Crippen molar-refractivity contribution in [3.05, 3.63) is 28.8 Å². The summed E-state index contributed by atoms with van der Waals surface area (Å²) in [4.78, 5) is 2.48. The van der Waals surface area contributed by atoms with Gasteiger partial charge in [0.15, 0.2) is 0 Å². The van der Waals surface area contributed by atoms with Crippen LogP contribution in [0.25, 0.3) is 0 Å². The molecule has 1 heterocycles. The van der Waals surface area contributed by atoms with E-state index in [9.17, 15) is 0 Å². The van der Waals surface area contributed by atoms with E-state index in [0.29, 0.717) is 5.25 Å². The number of anilines is 1. The quantitative estimate of drug-likeness (QED) is 0.833. The van der Waals surface area contributed by atoms with E-state index < -0.39 is 0 Å². The van der Waals surface area contributed by atoms with Gasteiger partial charge in [-0.25, -0.2) is 0 Å². The molecule has 4 heteroatoms. The molecule has 1 fully saturated rings. The zero-order chi connectivity index (χ0) is 13.7. The van der Waals surface area contributed by atoms with Crippen LogP contribution in [-0.4, -0.2) is 30.6 Å². The van der Waals surface area contributed by atoms with Crippen molar-refractivity contribution in [2.75, 3.05) is 30.3 Å². The van der Waals surface area contributed by atoms with E-state index in [4.69, 9.17) is 11.6 Å². The molecule has 1 aromatic rings. The van der Waals surface area contributed by atoms with Crippen molar-refractivity contribution in [3.63, 3.8) is 0 Å². The van der Waals surface area contributed by atoms with Crippen LogP contribution in [0.5, 0.6) is 0 Å². The molecule has 1 aliphatic rings. The van der Waals surface area contributed by atoms with Crippen molar-refractivity contribution in [2.45, 2.75) is 32.1 Å². The van der Waals surface area contributed by atoms with Crippen LogP contribution >= 0.6 is 23.4 Å². The second-order valence-corrected chi connectivity index (χ2v) is 7.00. The summed E-state index contributed by atoms with van der Waals surface area (Å²) in [5.74, 6) is 1.20. The summed E-state index contributed by atoms with van der Waals surface area (Å²) in [7, 11) is 0. The highest BCUT2D eigenvalue weighted by atomic mass is 35.5. The summed E-state index contributed by atoms with van der Waals surface area (Å²) < 4.78 is 0. The molecular weight excluding hydrogens is 276 g/mol. The van der Waals surface area contributed by atoms with E-state index in [1.54, 1.807) is 0 Å². The Kier molecular flexibility index (Phi) is 5.86. The fourth-order valence-corrected chi connectivity index (χ4v) is 3.70. The maximum Gasteiger partial charge on any atom is 0.0471 e. The summed E-state index contributed by atoms with van der Waals surface area (Å²) in [6, 6.07) is 6.26. The molecule has 0 spiro atoms. The second kappa shape index (κ2) is 7.41. The first-order valence-corrected chi connectivity index (χ1v) is 8.49. The fraction of sp³-hybridized carbons (Fsp3) is 0.600. The molecule has 0 aromatic heterocycles. The minimum absolute atomic E-state index is 0.698. The number of hydrogen-bond acceptors (Lipinski definition) is 3. The van der Waals surface area contributed by atoms with E-state index in [1.165, 1.54) is 17.0 Å². The van der Waals surface area contributed by atoms with Crippen LogP contribution in [0.15, 0.2) is 18.2 Å². The number of thioether (sulfide) groups is 1. The fourth-order valence-electron chi connectivity index (χ4n) is 2.45. The Balaban J connectivity index is 2.16. The molecule has 0 radical (unpaired) electrons. The molecule has 2 nitrogen and oxygen atoms in total. The third-order valence-electron chi connectivity index (χ3n) is 3.40. The zero-order valence-electron chi connectivity index (χ0n) is 11.8. The van der Waals surface area contributed by atoms with Gasteiger partial charge in [0.2, 0.25) is 0 Å². The minimum atomic E-state index is 0.698. The molecule has 0 amide bonds. The van der Waals surface area contributed by atoms with Gasteiger partial charge in [-0.05, 0) is 25.1 Å². The number of nitrogens with one attached hydrogen (secondary N) is 1. The lowest BCUT2D eigenvalue weighted by molar-refractivity contribution is 0.671. The lowest BCUT2D eigenvalue weighted by Gasteiger charge is -2.34. The van der Waals surface area contributed by atoms with Gasteiger partial charge in [0.25, 0.3) is 0 Å². The zero-order valence-corrected chi connectivity index (χ0v) is 13.4. The summed E-state index contributed by atoms with van der Waals surface area (Å²) in [6.07, 6.45) is 1.15. The van der Waals surface area contributed by atoms with Gasteiger partial charge in [0.1, 0.15) is 0 Å². The third-order valence-corrected chi connectivity index (χ3v) is 4.89. The van der Waals surface area contributed by atoms with Crippen molar-refractivity contribution in [3.8, 4) is 0 Å². The molecule has 19 heavy (non-hydrogen) atoms. The van der Waals surface area contributed by atoms with E-state index in [2.05, 4.69) is 48.0 Å². The number of benzene rings is 1. The Morgan fingerprint density at radius 3 is 3.05 bits per heavy atom. The van der Waals surface area contributed by atoms with Crippen molar-refractivity contribution >= 4 is 29.1 Å². The third kappa shape index (κ3) is 4.04. The highest BCUT2D eigenvalue weighted by Gasteiger charge is 2.20. The minimum Gasteiger partial charge on any atom is -0.369 e. The molecule has 0 bridgehead atoms. The van der Waals surface area contributed by atoms with Gasteiger partial charge in [-0.1, -0.05) is 31.5 Å². The summed E-state index contributed by atoms with van der Waals surface area (Å²) >= 11 is 8.45. The monoisotopic (exact) mass is 298 g/mol. The first-order valence-electron chi connectivity index (χ1n) is 7.07. The van der Waals surface area contributed by atoms with Crippen molar-refractivity contribution in [1.29, 1.82) is 0 Å². The highest BCUT2D eigenvalue weighted by molar-refractivity contribution is 8.00. The molecule has 1 unspecified atom stereocenters. The van der Waals surface area contributed by atoms with Gasteiger partial charge in [-0.3, -0.25) is 0 Å². The molecule has 1 saturated heterocycles. The first kappa shape index (κ1) is 15.0. The molecule has 106 valence electrons. The van der Waals surface area contributed by atoms with E-state index in [1.807, 2.05) is 6.07 Å². The Labute approximate surface area is 125 Å². The van der Waals surface area contributed by atoms with Gasteiger partial charge < -0.3 is 10.2 Å². The number of halogens is 1. The molecule has 1 aliphatic heterocycles. The maximum atomic E-state index is 6.39. The van der Waals surface area contributed by atoms with Crippen molar-refractivity contribution < 1.29 is 0 Å². The topological polar surface area (TPSA) is 15.3 Å². The Hall–Kier alpha value is -0.380. The Morgan fingerprint density at radius 2 is 2.32 bits per heavy atom. The van der Waals surface area contributed by atoms with Gasteiger partial charge in [-0.2, -0.15) is 11.8 Å². The molecular formula is C15H23ClN2S. The smallest absolute Gasteiger partial charge is 0.0471 e. The lowest BCUT2D eigenvalue weighted by Crippen LogP contribution is -2.37. The van der Waals surface area contributed by atoms with Crippen LogP contribution in [-0.2, 0) is 6.54 Å². The van der Waals surface area contributed by atoms with Crippen molar-refractivity contribution in [2.24, 2.45) is 0 Å². The highest BCUT2D eigenvalue weighted by Crippen LogP contribution is 2.30. The molecule has 1 N–H and O–H groups in total. The lowest BCUT2D eigenvalue weighted by atomic mass is 10.1.